The molecule has 0 nitrogen and oxygen atoms in total. The smallest absolute Gasteiger partial charge is 0.165 e. The van der Waals surface area contributed by atoms with Crippen LogP contribution in [0.3, 0.4) is 0 Å². The zero-order chi connectivity index (χ0) is 15.2. The fourth-order valence-corrected chi connectivity index (χ4v) is 4.38. The van der Waals surface area contributed by atoms with Crippen LogP contribution in [0.15, 0.2) is 18.2 Å². The third kappa shape index (κ3) is 1.87. The summed E-state index contributed by atoms with van der Waals surface area (Å²) in [6.07, 6.45) is -7.66. The van der Waals surface area contributed by atoms with Crippen LogP contribution in [-0.2, 0) is 12.4 Å². The van der Waals surface area contributed by atoms with Gasteiger partial charge in [0.25, 0.3) is 0 Å². The molecule has 0 radical (unpaired) electrons. The van der Waals surface area contributed by atoms with Crippen molar-refractivity contribution in [2.75, 3.05) is 0 Å². The van der Waals surface area contributed by atoms with Crippen molar-refractivity contribution >= 4 is 0 Å². The predicted octanol–water partition coefficient (Wildman–Crippen LogP) is 4.93. The first-order valence-electron chi connectivity index (χ1n) is 6.83. The molecule has 5 rings (SSSR count). The van der Waals surface area contributed by atoms with Crippen molar-refractivity contribution in [1.82, 2.24) is 0 Å². The summed E-state index contributed by atoms with van der Waals surface area (Å²) in [6, 6.07) is 1.98. The van der Waals surface area contributed by atoms with Gasteiger partial charge >= 0.3 is 12.4 Å². The third-order valence-corrected chi connectivity index (χ3v) is 5.16. The van der Waals surface area contributed by atoms with E-state index in [0.717, 1.165) is 30.9 Å². The molecule has 1 aromatic carbocycles. The molecule has 0 N–H and O–H groups in total. The van der Waals surface area contributed by atoms with Crippen LogP contribution < -0.4 is 0 Å². The van der Waals surface area contributed by atoms with E-state index in [9.17, 15) is 26.3 Å². The highest BCUT2D eigenvalue weighted by Crippen LogP contribution is 2.75. The lowest BCUT2D eigenvalue weighted by molar-refractivity contribution is -0.143. The summed E-state index contributed by atoms with van der Waals surface area (Å²) in [5, 5.41) is 0. The van der Waals surface area contributed by atoms with Gasteiger partial charge in [0.2, 0.25) is 0 Å². The molecule has 4 saturated carbocycles. The van der Waals surface area contributed by atoms with Crippen LogP contribution in [0.5, 0.6) is 0 Å². The number of halogens is 6. The van der Waals surface area contributed by atoms with E-state index >= 15 is 0 Å². The van der Waals surface area contributed by atoms with E-state index in [1.165, 1.54) is 0 Å². The van der Waals surface area contributed by atoms with Crippen LogP contribution in [0.1, 0.15) is 29.5 Å². The highest BCUT2D eigenvalue weighted by molar-refractivity contribution is 5.48. The summed E-state index contributed by atoms with van der Waals surface area (Å²) < 4.78 is 77.2. The van der Waals surface area contributed by atoms with Crippen LogP contribution >= 0.6 is 0 Å². The molecule has 0 saturated heterocycles. The normalized spacial score (nSPS) is 33.7. The molecule has 2 unspecified atom stereocenters. The molecule has 0 spiro atoms. The Labute approximate surface area is 117 Å². The molecular formula is C15H11F6+. The van der Waals surface area contributed by atoms with Gasteiger partial charge in [0.05, 0.1) is 12.1 Å². The molecule has 4 fully saturated rings. The molecule has 0 amide bonds. The third-order valence-electron chi connectivity index (χ3n) is 5.16. The quantitative estimate of drug-likeness (QED) is 0.509. The topological polar surface area (TPSA) is 0 Å². The average molecular weight is 305 g/mol. The van der Waals surface area contributed by atoms with Crippen LogP contribution in [-0.4, -0.2) is 0 Å². The molecule has 21 heavy (non-hydrogen) atoms. The van der Waals surface area contributed by atoms with Crippen molar-refractivity contribution in [2.45, 2.75) is 25.2 Å². The molecular weight excluding hydrogens is 294 g/mol. The number of benzene rings is 1. The SMILES string of the molecule is FC(F)(F)c1cc([C+]2C3CC4C(C3)C24)cc(C(F)(F)F)c1. The first-order valence-corrected chi connectivity index (χ1v) is 6.83. The summed E-state index contributed by atoms with van der Waals surface area (Å²) in [6.45, 7) is 0. The van der Waals surface area contributed by atoms with Gasteiger partial charge in [0, 0.05) is 17.8 Å². The highest BCUT2D eigenvalue weighted by Gasteiger charge is 2.72. The number of hydrogen-bond donors (Lipinski definition) is 0. The minimum absolute atomic E-state index is 0.148. The summed E-state index contributed by atoms with van der Waals surface area (Å²) in [5.41, 5.74) is -2.27. The second kappa shape index (κ2) is 3.70. The first-order chi connectivity index (χ1) is 9.66. The molecule has 0 aliphatic heterocycles. The molecule has 0 aromatic heterocycles. The van der Waals surface area contributed by atoms with Gasteiger partial charge in [0.15, 0.2) is 0 Å². The second-order valence-electron chi connectivity index (χ2n) is 6.27. The molecule has 0 heterocycles. The van der Waals surface area contributed by atoms with E-state index in [2.05, 4.69) is 0 Å². The number of alkyl halides is 6. The van der Waals surface area contributed by atoms with Gasteiger partial charge in [-0.1, -0.05) is 0 Å². The Morgan fingerprint density at radius 2 is 1.29 bits per heavy atom. The van der Waals surface area contributed by atoms with Crippen molar-refractivity contribution in [2.24, 2.45) is 23.7 Å². The molecule has 2 atom stereocenters. The standard InChI is InChI=1S/C15H11F6/c16-14(17,18)8-1-6(2-9(5-8)15(19,20)21)12-7-3-10-11(4-7)13(10)12/h1-2,5,7,10-11,13H,3-4H2/q+1. The number of rotatable bonds is 1. The van der Waals surface area contributed by atoms with Crippen LogP contribution in [0, 0.1) is 29.6 Å². The molecule has 112 valence electrons. The predicted molar refractivity (Wildman–Crippen MR) is 62.0 cm³/mol. The molecule has 4 aliphatic carbocycles. The van der Waals surface area contributed by atoms with Crippen molar-refractivity contribution in [3.63, 3.8) is 0 Å². The Kier molecular flexibility index (Phi) is 2.35. The Hall–Kier alpha value is -1.33. The highest BCUT2D eigenvalue weighted by atomic mass is 19.4. The lowest BCUT2D eigenvalue weighted by atomic mass is 9.88. The fraction of sp³-hybridized carbons (Fsp3) is 0.533. The zero-order valence-electron chi connectivity index (χ0n) is 10.7. The maximum absolute atomic E-state index is 12.9. The van der Waals surface area contributed by atoms with E-state index in [0.29, 0.717) is 11.8 Å². The van der Waals surface area contributed by atoms with Gasteiger partial charge in [-0.15, -0.1) is 0 Å². The van der Waals surface area contributed by atoms with Crippen LogP contribution in [0.25, 0.3) is 0 Å². The molecule has 6 heteroatoms. The summed E-state index contributed by atoms with van der Waals surface area (Å²) >= 11 is 0. The van der Waals surface area contributed by atoms with Gasteiger partial charge < -0.3 is 0 Å². The Balaban J connectivity index is 1.80. The van der Waals surface area contributed by atoms with Crippen molar-refractivity contribution in [3.05, 3.63) is 40.8 Å². The van der Waals surface area contributed by atoms with Crippen molar-refractivity contribution in [3.8, 4) is 0 Å². The second-order valence-corrected chi connectivity index (χ2v) is 6.27. The minimum atomic E-state index is -4.76. The lowest BCUT2D eigenvalue weighted by Crippen LogP contribution is -2.14. The lowest BCUT2D eigenvalue weighted by Gasteiger charge is -2.13. The summed E-state index contributed by atoms with van der Waals surface area (Å²) in [5.74, 6) is 2.28. The molecule has 1 aromatic rings. The monoisotopic (exact) mass is 305 g/mol. The van der Waals surface area contributed by atoms with E-state index in [1.54, 1.807) is 0 Å². The summed E-state index contributed by atoms with van der Waals surface area (Å²) in [7, 11) is 0. The van der Waals surface area contributed by atoms with Crippen molar-refractivity contribution in [1.29, 1.82) is 0 Å². The Bertz CT molecular complexity index is 553. The van der Waals surface area contributed by atoms with Gasteiger partial charge in [-0.3, -0.25) is 0 Å². The largest absolute Gasteiger partial charge is 0.428 e. The maximum atomic E-state index is 12.9. The average Bonchev–Trinajstić information content (AvgIpc) is 2.78. The minimum Gasteiger partial charge on any atom is -0.165 e. The first kappa shape index (κ1) is 13.3. The molecule has 4 bridgehead atoms. The van der Waals surface area contributed by atoms with Gasteiger partial charge in [-0.2, -0.15) is 26.3 Å². The van der Waals surface area contributed by atoms with E-state index < -0.39 is 23.5 Å². The van der Waals surface area contributed by atoms with E-state index in [1.807, 2.05) is 0 Å². The van der Waals surface area contributed by atoms with Gasteiger partial charge in [-0.05, 0) is 30.7 Å². The van der Waals surface area contributed by atoms with Gasteiger partial charge in [0.1, 0.15) is 16.7 Å². The maximum Gasteiger partial charge on any atom is 0.428 e. The van der Waals surface area contributed by atoms with Crippen LogP contribution in [0.4, 0.5) is 26.3 Å². The van der Waals surface area contributed by atoms with Gasteiger partial charge in [-0.25, -0.2) is 0 Å². The zero-order valence-corrected chi connectivity index (χ0v) is 10.7. The Morgan fingerprint density at radius 3 is 1.62 bits per heavy atom. The molecule has 4 aliphatic rings. The fourth-order valence-electron chi connectivity index (χ4n) is 4.38. The van der Waals surface area contributed by atoms with Crippen molar-refractivity contribution < 1.29 is 26.3 Å². The summed E-state index contributed by atoms with van der Waals surface area (Å²) in [4.78, 5) is 0. The van der Waals surface area contributed by atoms with E-state index in [-0.39, 0.29) is 23.5 Å². The number of hydrogen-bond acceptors (Lipinski definition) is 0. The van der Waals surface area contributed by atoms with Crippen LogP contribution in [0.2, 0.25) is 0 Å². The Morgan fingerprint density at radius 1 is 0.810 bits per heavy atom. The van der Waals surface area contributed by atoms with E-state index in [4.69, 9.17) is 0 Å².